The predicted octanol–water partition coefficient (Wildman–Crippen LogP) is 3.09. The number of hydrogen-bond acceptors (Lipinski definition) is 4. The summed E-state index contributed by atoms with van der Waals surface area (Å²) in [5.74, 6) is 0.958. The van der Waals surface area contributed by atoms with E-state index in [9.17, 15) is 10.1 Å². The first-order valence-corrected chi connectivity index (χ1v) is 6.27. The van der Waals surface area contributed by atoms with Gasteiger partial charge in [-0.05, 0) is 19.4 Å². The standard InChI is InChI=1S/C12H13ClN4O2/c1-3-4-11-14-8(2)7-16(11)12-9(17(18)19)5-6-10(13)15-12/h5-7H,3-4H2,1-2H3. The molecule has 7 heteroatoms. The van der Waals surface area contributed by atoms with Gasteiger partial charge in [-0.15, -0.1) is 0 Å². The van der Waals surface area contributed by atoms with Gasteiger partial charge in [-0.25, -0.2) is 9.97 Å². The Balaban J connectivity index is 2.63. The van der Waals surface area contributed by atoms with Gasteiger partial charge in [-0.1, -0.05) is 18.5 Å². The van der Waals surface area contributed by atoms with Crippen molar-refractivity contribution in [3.8, 4) is 5.82 Å². The highest BCUT2D eigenvalue weighted by Crippen LogP contribution is 2.24. The molecule has 2 rings (SSSR count). The number of imidazole rings is 1. The molecule has 0 N–H and O–H groups in total. The van der Waals surface area contributed by atoms with E-state index < -0.39 is 4.92 Å². The smallest absolute Gasteiger partial charge is 0.282 e. The molecule has 0 aliphatic rings. The second kappa shape index (κ2) is 5.36. The molecule has 2 heterocycles. The molecule has 0 aliphatic heterocycles. The summed E-state index contributed by atoms with van der Waals surface area (Å²) in [5.41, 5.74) is 0.707. The van der Waals surface area contributed by atoms with Crippen LogP contribution >= 0.6 is 11.6 Å². The third-order valence-corrected chi connectivity index (χ3v) is 2.83. The van der Waals surface area contributed by atoms with E-state index in [1.807, 2.05) is 13.8 Å². The van der Waals surface area contributed by atoms with Gasteiger partial charge in [0.15, 0.2) is 0 Å². The van der Waals surface area contributed by atoms with Crippen molar-refractivity contribution >= 4 is 17.3 Å². The molecule has 0 unspecified atom stereocenters. The summed E-state index contributed by atoms with van der Waals surface area (Å²) in [6, 6.07) is 2.77. The molecule has 0 spiro atoms. The SMILES string of the molecule is CCCc1nc(C)cn1-c1nc(Cl)ccc1[N+](=O)[O-]. The van der Waals surface area contributed by atoms with Crippen LogP contribution in [0.1, 0.15) is 24.9 Å². The topological polar surface area (TPSA) is 73.8 Å². The summed E-state index contributed by atoms with van der Waals surface area (Å²) in [6.45, 7) is 3.86. The zero-order chi connectivity index (χ0) is 14.0. The minimum Gasteiger partial charge on any atom is -0.282 e. The maximum absolute atomic E-state index is 11.1. The van der Waals surface area contributed by atoms with E-state index in [4.69, 9.17) is 11.6 Å². The number of aromatic nitrogens is 3. The zero-order valence-electron chi connectivity index (χ0n) is 10.6. The average Bonchev–Trinajstić information content (AvgIpc) is 2.70. The number of nitrogens with zero attached hydrogens (tertiary/aromatic N) is 4. The molecule has 2 aromatic heterocycles. The Kier molecular flexibility index (Phi) is 3.80. The molecular formula is C12H13ClN4O2. The number of nitro groups is 1. The molecule has 0 radical (unpaired) electrons. The van der Waals surface area contributed by atoms with Gasteiger partial charge in [0.05, 0.1) is 10.6 Å². The monoisotopic (exact) mass is 280 g/mol. The molecule has 0 atom stereocenters. The summed E-state index contributed by atoms with van der Waals surface area (Å²) in [4.78, 5) is 19.0. The minimum atomic E-state index is -0.469. The van der Waals surface area contributed by atoms with E-state index in [0.29, 0.717) is 0 Å². The van der Waals surface area contributed by atoms with Crippen LogP contribution in [0.3, 0.4) is 0 Å². The minimum absolute atomic E-state index is 0.0841. The van der Waals surface area contributed by atoms with Gasteiger partial charge >= 0.3 is 5.69 Å². The third kappa shape index (κ3) is 2.73. The van der Waals surface area contributed by atoms with E-state index in [-0.39, 0.29) is 16.7 Å². The molecule has 0 bridgehead atoms. The van der Waals surface area contributed by atoms with Crippen LogP contribution in [-0.4, -0.2) is 19.5 Å². The molecule has 0 fully saturated rings. The molecule has 0 aliphatic carbocycles. The Labute approximate surface area is 115 Å². The predicted molar refractivity (Wildman–Crippen MR) is 71.8 cm³/mol. The summed E-state index contributed by atoms with van der Waals surface area (Å²) < 4.78 is 1.64. The lowest BCUT2D eigenvalue weighted by Crippen LogP contribution is -2.06. The van der Waals surface area contributed by atoms with Crippen molar-refractivity contribution in [1.29, 1.82) is 0 Å². The lowest BCUT2D eigenvalue weighted by Gasteiger charge is -2.06. The normalized spacial score (nSPS) is 10.7. The molecule has 100 valence electrons. The van der Waals surface area contributed by atoms with Crippen molar-refractivity contribution in [2.75, 3.05) is 0 Å². The fraction of sp³-hybridized carbons (Fsp3) is 0.333. The first-order chi connectivity index (χ1) is 9.02. The molecule has 0 saturated carbocycles. The Morgan fingerprint density at radius 3 is 2.79 bits per heavy atom. The Morgan fingerprint density at radius 1 is 1.42 bits per heavy atom. The molecule has 19 heavy (non-hydrogen) atoms. The van der Waals surface area contributed by atoms with Gasteiger partial charge in [0.1, 0.15) is 11.0 Å². The Hall–Kier alpha value is -1.95. The van der Waals surface area contributed by atoms with Gasteiger partial charge < -0.3 is 0 Å². The average molecular weight is 281 g/mol. The number of hydrogen-bond donors (Lipinski definition) is 0. The summed E-state index contributed by atoms with van der Waals surface area (Å²) in [6.07, 6.45) is 3.35. The van der Waals surface area contributed by atoms with Crippen LogP contribution in [0.2, 0.25) is 5.15 Å². The van der Waals surface area contributed by atoms with Crippen molar-refractivity contribution in [3.05, 3.63) is 45.1 Å². The van der Waals surface area contributed by atoms with Crippen LogP contribution in [0.4, 0.5) is 5.69 Å². The number of pyridine rings is 1. The van der Waals surface area contributed by atoms with Crippen molar-refractivity contribution in [1.82, 2.24) is 14.5 Å². The van der Waals surface area contributed by atoms with Crippen molar-refractivity contribution < 1.29 is 4.92 Å². The third-order valence-electron chi connectivity index (χ3n) is 2.62. The molecule has 2 aromatic rings. The van der Waals surface area contributed by atoms with Crippen molar-refractivity contribution in [2.24, 2.45) is 0 Å². The number of halogens is 1. The summed E-state index contributed by atoms with van der Waals surface area (Å²) >= 11 is 5.84. The second-order valence-electron chi connectivity index (χ2n) is 4.15. The van der Waals surface area contributed by atoms with Crippen LogP contribution in [0.25, 0.3) is 5.82 Å². The van der Waals surface area contributed by atoms with Crippen molar-refractivity contribution in [2.45, 2.75) is 26.7 Å². The highest BCUT2D eigenvalue weighted by molar-refractivity contribution is 6.29. The quantitative estimate of drug-likeness (QED) is 0.490. The van der Waals surface area contributed by atoms with Crippen molar-refractivity contribution in [3.63, 3.8) is 0 Å². The van der Waals surface area contributed by atoms with Gasteiger partial charge in [-0.3, -0.25) is 14.7 Å². The lowest BCUT2D eigenvalue weighted by atomic mass is 10.3. The van der Waals surface area contributed by atoms with E-state index in [0.717, 1.165) is 24.4 Å². The number of aryl methyl sites for hydroxylation is 2. The van der Waals surface area contributed by atoms with Crippen LogP contribution in [-0.2, 0) is 6.42 Å². The van der Waals surface area contributed by atoms with Crippen LogP contribution in [0.15, 0.2) is 18.3 Å². The first kappa shape index (κ1) is 13.5. The highest BCUT2D eigenvalue weighted by Gasteiger charge is 2.20. The number of rotatable bonds is 4. The van der Waals surface area contributed by atoms with Gasteiger partial charge in [0, 0.05) is 18.7 Å². The summed E-state index contributed by atoms with van der Waals surface area (Å²) in [7, 11) is 0. The fourth-order valence-corrected chi connectivity index (χ4v) is 2.01. The molecule has 0 aromatic carbocycles. The second-order valence-corrected chi connectivity index (χ2v) is 4.54. The maximum atomic E-state index is 11.1. The Morgan fingerprint density at radius 2 is 2.16 bits per heavy atom. The van der Waals surface area contributed by atoms with Gasteiger partial charge in [0.2, 0.25) is 5.82 Å². The van der Waals surface area contributed by atoms with E-state index in [1.165, 1.54) is 12.1 Å². The fourth-order valence-electron chi connectivity index (χ4n) is 1.87. The molecule has 0 saturated heterocycles. The maximum Gasteiger partial charge on any atom is 0.312 e. The van der Waals surface area contributed by atoms with E-state index >= 15 is 0 Å². The zero-order valence-corrected chi connectivity index (χ0v) is 11.4. The van der Waals surface area contributed by atoms with Gasteiger partial charge in [0.25, 0.3) is 0 Å². The molecular weight excluding hydrogens is 268 g/mol. The first-order valence-electron chi connectivity index (χ1n) is 5.89. The van der Waals surface area contributed by atoms with E-state index in [1.54, 1.807) is 10.8 Å². The molecule has 0 amide bonds. The van der Waals surface area contributed by atoms with Crippen LogP contribution in [0.5, 0.6) is 0 Å². The lowest BCUT2D eigenvalue weighted by molar-refractivity contribution is -0.384. The van der Waals surface area contributed by atoms with Crippen LogP contribution < -0.4 is 0 Å². The van der Waals surface area contributed by atoms with E-state index in [2.05, 4.69) is 9.97 Å². The molecule has 6 nitrogen and oxygen atoms in total. The van der Waals surface area contributed by atoms with Gasteiger partial charge in [-0.2, -0.15) is 0 Å². The largest absolute Gasteiger partial charge is 0.312 e. The summed E-state index contributed by atoms with van der Waals surface area (Å²) in [5, 5.41) is 11.3. The van der Waals surface area contributed by atoms with Crippen LogP contribution in [0, 0.1) is 17.0 Å². The highest BCUT2D eigenvalue weighted by atomic mass is 35.5. The Bertz CT molecular complexity index is 624.